The minimum absolute atomic E-state index is 0.138. The summed E-state index contributed by atoms with van der Waals surface area (Å²) in [7, 11) is 0. The molecular weight excluding hydrogens is 420 g/mol. The second kappa shape index (κ2) is 16.1. The van der Waals surface area contributed by atoms with E-state index in [0.717, 1.165) is 19.3 Å². The summed E-state index contributed by atoms with van der Waals surface area (Å²) in [5.41, 5.74) is 0. The Labute approximate surface area is 198 Å². The van der Waals surface area contributed by atoms with Crippen molar-refractivity contribution < 1.29 is 23.9 Å². The Morgan fingerprint density at radius 1 is 0.970 bits per heavy atom. The van der Waals surface area contributed by atoms with Crippen molar-refractivity contribution in [1.29, 1.82) is 0 Å². The van der Waals surface area contributed by atoms with Crippen LogP contribution < -0.4 is 10.1 Å². The average Bonchev–Trinajstić information content (AvgIpc) is 2.83. The van der Waals surface area contributed by atoms with E-state index in [1.165, 1.54) is 49.8 Å². The molecule has 7 heteroatoms. The first kappa shape index (κ1) is 26.7. The van der Waals surface area contributed by atoms with Crippen molar-refractivity contribution in [3.8, 4) is 5.75 Å². The molecule has 1 fully saturated rings. The number of nitrogens with zero attached hydrogens (tertiary/aromatic N) is 1. The fraction of sp³-hybridized carbons (Fsp3) is 0.654. The number of carbonyl (C=O) groups is 3. The van der Waals surface area contributed by atoms with Gasteiger partial charge in [0.1, 0.15) is 11.8 Å². The molecule has 0 aromatic heterocycles. The van der Waals surface area contributed by atoms with Gasteiger partial charge in [0.05, 0.1) is 13.0 Å². The number of nitrogens with one attached hydrogen (secondary N) is 1. The number of amides is 2. The van der Waals surface area contributed by atoms with Crippen LogP contribution in [0.5, 0.6) is 5.75 Å². The van der Waals surface area contributed by atoms with Gasteiger partial charge in [-0.25, -0.2) is 0 Å². The lowest BCUT2D eigenvalue weighted by Crippen LogP contribution is -2.58. The smallest absolute Gasteiger partial charge is 0.308 e. The van der Waals surface area contributed by atoms with E-state index in [1.807, 2.05) is 18.2 Å². The van der Waals surface area contributed by atoms with E-state index in [2.05, 4.69) is 12.2 Å². The standard InChI is InChI=1S/C26H40N2O5/c1-2-3-4-5-6-7-8-9-10-14-19-32-25(30)20-23-26(31)27-17-18-28(23)24(29)21-33-22-15-12-11-13-16-22/h11-13,15-16,23H,2-10,14,17-21H2,1H3,(H,27,31). The summed E-state index contributed by atoms with van der Waals surface area (Å²) in [6, 6.07) is 8.17. The number of piperazine rings is 1. The molecule has 1 aliphatic heterocycles. The van der Waals surface area contributed by atoms with Crippen LogP contribution in [-0.4, -0.2) is 55.0 Å². The molecule has 33 heavy (non-hydrogen) atoms. The maximum atomic E-state index is 12.6. The largest absolute Gasteiger partial charge is 0.484 e. The van der Waals surface area contributed by atoms with E-state index >= 15 is 0 Å². The Morgan fingerprint density at radius 3 is 2.27 bits per heavy atom. The van der Waals surface area contributed by atoms with Crippen LogP contribution in [0, 0.1) is 0 Å². The van der Waals surface area contributed by atoms with Gasteiger partial charge >= 0.3 is 5.97 Å². The van der Waals surface area contributed by atoms with Gasteiger partial charge in [0.15, 0.2) is 6.61 Å². The minimum Gasteiger partial charge on any atom is -0.484 e. The van der Waals surface area contributed by atoms with Crippen molar-refractivity contribution in [2.75, 3.05) is 26.3 Å². The molecule has 1 unspecified atom stereocenters. The van der Waals surface area contributed by atoms with E-state index in [9.17, 15) is 14.4 Å². The number of hydrogen-bond acceptors (Lipinski definition) is 5. The van der Waals surface area contributed by atoms with Crippen LogP contribution in [0.2, 0.25) is 0 Å². The highest BCUT2D eigenvalue weighted by Crippen LogP contribution is 2.14. The van der Waals surface area contributed by atoms with E-state index in [0.29, 0.717) is 25.4 Å². The zero-order valence-electron chi connectivity index (χ0n) is 20.1. The monoisotopic (exact) mass is 460 g/mol. The van der Waals surface area contributed by atoms with Gasteiger partial charge in [-0.15, -0.1) is 0 Å². The van der Waals surface area contributed by atoms with Gasteiger partial charge in [-0.05, 0) is 18.6 Å². The summed E-state index contributed by atoms with van der Waals surface area (Å²) in [6.45, 7) is 3.11. The highest BCUT2D eigenvalue weighted by Gasteiger charge is 2.35. The van der Waals surface area contributed by atoms with Crippen molar-refractivity contribution in [2.45, 2.75) is 83.6 Å². The van der Waals surface area contributed by atoms with Gasteiger partial charge in [-0.2, -0.15) is 0 Å². The lowest BCUT2D eigenvalue weighted by molar-refractivity contribution is -0.152. The zero-order chi connectivity index (χ0) is 23.7. The zero-order valence-corrected chi connectivity index (χ0v) is 20.1. The first-order valence-corrected chi connectivity index (χ1v) is 12.5. The summed E-state index contributed by atoms with van der Waals surface area (Å²) in [6.07, 6.45) is 12.0. The van der Waals surface area contributed by atoms with Gasteiger partial charge in [-0.1, -0.05) is 82.9 Å². The second-order valence-corrected chi connectivity index (χ2v) is 8.60. The third-order valence-electron chi connectivity index (χ3n) is 5.88. The van der Waals surface area contributed by atoms with Gasteiger partial charge in [0.25, 0.3) is 5.91 Å². The number of ether oxygens (including phenoxy) is 2. The molecule has 0 aliphatic carbocycles. The Bertz CT molecular complexity index is 710. The molecule has 0 saturated carbocycles. The van der Waals surface area contributed by atoms with Gasteiger partial charge in [0, 0.05) is 13.1 Å². The maximum Gasteiger partial charge on any atom is 0.308 e. The number of para-hydroxylation sites is 1. The summed E-state index contributed by atoms with van der Waals surface area (Å²) >= 11 is 0. The molecule has 2 rings (SSSR count). The van der Waals surface area contributed by atoms with Crippen LogP contribution >= 0.6 is 0 Å². The van der Waals surface area contributed by atoms with Crippen LogP contribution in [0.1, 0.15) is 77.6 Å². The lowest BCUT2D eigenvalue weighted by atomic mass is 10.1. The summed E-state index contributed by atoms with van der Waals surface area (Å²) < 4.78 is 10.8. The predicted molar refractivity (Wildman–Crippen MR) is 128 cm³/mol. The van der Waals surface area contributed by atoms with E-state index in [-0.39, 0.29) is 24.8 Å². The molecule has 184 valence electrons. The third kappa shape index (κ3) is 10.7. The van der Waals surface area contributed by atoms with Crippen molar-refractivity contribution in [3.05, 3.63) is 30.3 Å². The minimum atomic E-state index is -0.856. The van der Waals surface area contributed by atoms with Crippen LogP contribution in [0.4, 0.5) is 0 Å². The summed E-state index contributed by atoms with van der Waals surface area (Å²) in [5, 5.41) is 2.73. The fourth-order valence-electron chi connectivity index (χ4n) is 3.95. The maximum absolute atomic E-state index is 12.6. The summed E-state index contributed by atoms with van der Waals surface area (Å²) in [4.78, 5) is 38.7. The number of esters is 1. The van der Waals surface area contributed by atoms with Crippen molar-refractivity contribution in [3.63, 3.8) is 0 Å². The van der Waals surface area contributed by atoms with Crippen LogP contribution in [0.3, 0.4) is 0 Å². The lowest BCUT2D eigenvalue weighted by Gasteiger charge is -2.34. The number of benzene rings is 1. The normalized spacial score (nSPS) is 15.7. The van der Waals surface area contributed by atoms with Gasteiger partial charge in [0.2, 0.25) is 5.91 Å². The van der Waals surface area contributed by atoms with Crippen LogP contribution in [0.25, 0.3) is 0 Å². The highest BCUT2D eigenvalue weighted by molar-refractivity contribution is 5.92. The fourth-order valence-corrected chi connectivity index (χ4v) is 3.95. The second-order valence-electron chi connectivity index (χ2n) is 8.60. The molecular formula is C26H40N2O5. The van der Waals surface area contributed by atoms with Crippen molar-refractivity contribution >= 4 is 17.8 Å². The van der Waals surface area contributed by atoms with Crippen molar-refractivity contribution in [1.82, 2.24) is 10.2 Å². The van der Waals surface area contributed by atoms with Gasteiger partial charge < -0.3 is 19.7 Å². The molecule has 2 amide bonds. The first-order chi connectivity index (χ1) is 16.1. The van der Waals surface area contributed by atoms with E-state index < -0.39 is 12.0 Å². The first-order valence-electron chi connectivity index (χ1n) is 12.5. The molecule has 1 atom stereocenters. The molecule has 1 aliphatic rings. The molecule has 1 N–H and O–H groups in total. The third-order valence-corrected chi connectivity index (χ3v) is 5.88. The number of unbranched alkanes of at least 4 members (excludes halogenated alkanes) is 9. The van der Waals surface area contributed by atoms with E-state index in [4.69, 9.17) is 9.47 Å². The number of rotatable bonds is 16. The highest BCUT2D eigenvalue weighted by atomic mass is 16.5. The Balaban J connectivity index is 1.63. The molecule has 1 heterocycles. The SMILES string of the molecule is CCCCCCCCCCCCOC(=O)CC1C(=O)NCCN1C(=O)COc1ccccc1. The Hall–Kier alpha value is -2.57. The van der Waals surface area contributed by atoms with Gasteiger partial charge in [-0.3, -0.25) is 14.4 Å². The average molecular weight is 461 g/mol. The van der Waals surface area contributed by atoms with Crippen LogP contribution in [-0.2, 0) is 19.1 Å². The summed E-state index contributed by atoms with van der Waals surface area (Å²) in [5.74, 6) is -0.513. The van der Waals surface area contributed by atoms with Crippen molar-refractivity contribution in [2.24, 2.45) is 0 Å². The molecule has 0 bridgehead atoms. The molecule has 0 spiro atoms. The molecule has 1 aromatic carbocycles. The topological polar surface area (TPSA) is 84.9 Å². The Kier molecular flexibility index (Phi) is 13.0. The number of carbonyl (C=O) groups excluding carboxylic acids is 3. The number of hydrogen-bond donors (Lipinski definition) is 1. The predicted octanol–water partition coefficient (Wildman–Crippen LogP) is 4.25. The molecule has 0 radical (unpaired) electrons. The molecule has 7 nitrogen and oxygen atoms in total. The van der Waals surface area contributed by atoms with Crippen LogP contribution in [0.15, 0.2) is 30.3 Å². The molecule has 1 saturated heterocycles. The quantitative estimate of drug-likeness (QED) is 0.295. The Morgan fingerprint density at radius 2 is 1.61 bits per heavy atom. The molecule has 1 aromatic rings. The van der Waals surface area contributed by atoms with E-state index in [1.54, 1.807) is 12.1 Å².